The Balaban J connectivity index is 2.12. The highest BCUT2D eigenvalue weighted by atomic mass is 16.5. The molecular formula is C13H28N2O. The van der Waals surface area contributed by atoms with Crippen molar-refractivity contribution in [2.75, 3.05) is 39.9 Å². The Morgan fingerprint density at radius 3 is 2.81 bits per heavy atom. The van der Waals surface area contributed by atoms with Gasteiger partial charge in [0.2, 0.25) is 0 Å². The predicted molar refractivity (Wildman–Crippen MR) is 68.9 cm³/mol. The minimum absolute atomic E-state index is 0.338. The van der Waals surface area contributed by atoms with Crippen LogP contribution in [0.5, 0.6) is 0 Å². The molecule has 96 valence electrons. The first-order valence-corrected chi connectivity index (χ1v) is 6.66. The van der Waals surface area contributed by atoms with E-state index in [0.717, 1.165) is 13.2 Å². The zero-order valence-corrected chi connectivity index (χ0v) is 11.2. The van der Waals surface area contributed by atoms with Crippen LogP contribution in [0.3, 0.4) is 0 Å². The molecule has 0 aromatic rings. The van der Waals surface area contributed by atoms with E-state index >= 15 is 0 Å². The molecule has 0 bridgehead atoms. The van der Waals surface area contributed by atoms with Crippen molar-refractivity contribution in [1.82, 2.24) is 10.2 Å². The van der Waals surface area contributed by atoms with Crippen molar-refractivity contribution in [2.24, 2.45) is 0 Å². The Kier molecular flexibility index (Phi) is 6.32. The van der Waals surface area contributed by atoms with Crippen molar-refractivity contribution in [3.05, 3.63) is 0 Å². The molecule has 0 radical (unpaired) electrons. The topological polar surface area (TPSA) is 24.5 Å². The van der Waals surface area contributed by atoms with Gasteiger partial charge in [-0.25, -0.2) is 0 Å². The Labute approximate surface area is 101 Å². The van der Waals surface area contributed by atoms with E-state index in [0.29, 0.717) is 5.54 Å². The summed E-state index contributed by atoms with van der Waals surface area (Å²) >= 11 is 0. The van der Waals surface area contributed by atoms with E-state index in [4.69, 9.17) is 4.74 Å². The van der Waals surface area contributed by atoms with Gasteiger partial charge >= 0.3 is 0 Å². The second-order valence-corrected chi connectivity index (χ2v) is 5.17. The fourth-order valence-electron chi connectivity index (χ4n) is 2.33. The maximum atomic E-state index is 5.06. The van der Waals surface area contributed by atoms with Gasteiger partial charge in [0.25, 0.3) is 0 Å². The molecule has 1 saturated heterocycles. The normalized spacial score (nSPS) is 27.2. The highest BCUT2D eigenvalue weighted by Crippen LogP contribution is 2.15. The third-order valence-electron chi connectivity index (χ3n) is 3.66. The zero-order chi connectivity index (χ0) is 11.9. The molecule has 1 heterocycles. The number of rotatable bonds is 7. The molecule has 0 aromatic carbocycles. The van der Waals surface area contributed by atoms with Crippen LogP contribution in [-0.4, -0.2) is 50.3 Å². The third kappa shape index (κ3) is 4.81. The SMILES string of the molecule is CCC1(C)CN(CCCCCOC)CCN1. The summed E-state index contributed by atoms with van der Waals surface area (Å²) in [5.41, 5.74) is 0.338. The number of methoxy groups -OCH3 is 1. The average molecular weight is 228 g/mol. The lowest BCUT2D eigenvalue weighted by Crippen LogP contribution is -2.58. The van der Waals surface area contributed by atoms with Crippen LogP contribution < -0.4 is 5.32 Å². The van der Waals surface area contributed by atoms with Gasteiger partial charge in [0.05, 0.1) is 0 Å². The van der Waals surface area contributed by atoms with Crippen molar-refractivity contribution < 1.29 is 4.74 Å². The van der Waals surface area contributed by atoms with Gasteiger partial charge in [-0.2, -0.15) is 0 Å². The van der Waals surface area contributed by atoms with Crippen LogP contribution in [0.25, 0.3) is 0 Å². The van der Waals surface area contributed by atoms with E-state index in [-0.39, 0.29) is 0 Å². The maximum Gasteiger partial charge on any atom is 0.0462 e. The van der Waals surface area contributed by atoms with E-state index in [2.05, 4.69) is 24.1 Å². The van der Waals surface area contributed by atoms with Gasteiger partial charge in [0.15, 0.2) is 0 Å². The Morgan fingerprint density at radius 2 is 2.12 bits per heavy atom. The van der Waals surface area contributed by atoms with Crippen LogP contribution in [-0.2, 0) is 4.74 Å². The van der Waals surface area contributed by atoms with Gasteiger partial charge in [0, 0.05) is 38.9 Å². The summed E-state index contributed by atoms with van der Waals surface area (Å²) in [5.74, 6) is 0. The Bertz CT molecular complexity index is 187. The standard InChI is InChI=1S/C13H28N2O/c1-4-13(2)12-15(10-8-14-13)9-6-5-7-11-16-3/h14H,4-12H2,1-3H3. The molecule has 1 atom stereocenters. The quantitative estimate of drug-likeness (QED) is 0.673. The lowest BCUT2D eigenvalue weighted by Gasteiger charge is -2.41. The molecule has 0 spiro atoms. The van der Waals surface area contributed by atoms with Crippen LogP contribution in [0.1, 0.15) is 39.5 Å². The van der Waals surface area contributed by atoms with Gasteiger partial charge in [-0.3, -0.25) is 0 Å². The van der Waals surface area contributed by atoms with Crippen LogP contribution in [0, 0.1) is 0 Å². The number of hydrogen-bond donors (Lipinski definition) is 1. The van der Waals surface area contributed by atoms with Gasteiger partial charge in [-0.15, -0.1) is 0 Å². The van der Waals surface area contributed by atoms with Crippen molar-refractivity contribution in [3.8, 4) is 0 Å². The molecule has 1 aliphatic heterocycles. The molecule has 1 aliphatic rings. The summed E-state index contributed by atoms with van der Waals surface area (Å²) in [4.78, 5) is 2.60. The first-order valence-electron chi connectivity index (χ1n) is 6.66. The minimum atomic E-state index is 0.338. The number of unbranched alkanes of at least 4 members (excludes halogenated alkanes) is 2. The van der Waals surface area contributed by atoms with Gasteiger partial charge in [-0.05, 0) is 39.2 Å². The average Bonchev–Trinajstić information content (AvgIpc) is 2.29. The molecule has 1 fully saturated rings. The molecular weight excluding hydrogens is 200 g/mol. The van der Waals surface area contributed by atoms with Crippen molar-refractivity contribution in [3.63, 3.8) is 0 Å². The fourth-order valence-corrected chi connectivity index (χ4v) is 2.33. The number of nitrogens with one attached hydrogen (secondary N) is 1. The van der Waals surface area contributed by atoms with E-state index in [1.165, 1.54) is 45.3 Å². The summed E-state index contributed by atoms with van der Waals surface area (Å²) in [5, 5.41) is 3.62. The number of piperazine rings is 1. The molecule has 3 nitrogen and oxygen atoms in total. The molecule has 0 saturated carbocycles. The van der Waals surface area contributed by atoms with Crippen molar-refractivity contribution in [2.45, 2.75) is 45.1 Å². The molecule has 0 aliphatic carbocycles. The lowest BCUT2D eigenvalue weighted by atomic mass is 9.96. The molecule has 1 N–H and O–H groups in total. The monoisotopic (exact) mass is 228 g/mol. The lowest BCUT2D eigenvalue weighted by molar-refractivity contribution is 0.135. The summed E-state index contributed by atoms with van der Waals surface area (Å²) in [6.07, 6.45) is 5.02. The number of hydrogen-bond acceptors (Lipinski definition) is 3. The summed E-state index contributed by atoms with van der Waals surface area (Å²) in [6.45, 7) is 10.3. The van der Waals surface area contributed by atoms with E-state index < -0.39 is 0 Å². The van der Waals surface area contributed by atoms with Gasteiger partial charge in [-0.1, -0.05) is 6.92 Å². The van der Waals surface area contributed by atoms with Crippen LogP contribution in [0.15, 0.2) is 0 Å². The first-order chi connectivity index (χ1) is 7.70. The summed E-state index contributed by atoms with van der Waals surface area (Å²) in [7, 11) is 1.78. The molecule has 16 heavy (non-hydrogen) atoms. The van der Waals surface area contributed by atoms with Crippen LogP contribution in [0.2, 0.25) is 0 Å². The number of nitrogens with zero attached hydrogens (tertiary/aromatic N) is 1. The largest absolute Gasteiger partial charge is 0.385 e. The third-order valence-corrected chi connectivity index (χ3v) is 3.66. The fraction of sp³-hybridized carbons (Fsp3) is 1.00. The van der Waals surface area contributed by atoms with Crippen LogP contribution in [0.4, 0.5) is 0 Å². The predicted octanol–water partition coefficient (Wildman–Crippen LogP) is 1.88. The zero-order valence-electron chi connectivity index (χ0n) is 11.2. The highest BCUT2D eigenvalue weighted by Gasteiger charge is 2.27. The number of ether oxygens (including phenoxy) is 1. The summed E-state index contributed by atoms with van der Waals surface area (Å²) in [6, 6.07) is 0. The Hall–Kier alpha value is -0.120. The summed E-state index contributed by atoms with van der Waals surface area (Å²) < 4.78 is 5.06. The van der Waals surface area contributed by atoms with Gasteiger partial charge < -0.3 is 15.0 Å². The molecule has 1 unspecified atom stereocenters. The van der Waals surface area contributed by atoms with Crippen molar-refractivity contribution >= 4 is 0 Å². The Morgan fingerprint density at radius 1 is 1.31 bits per heavy atom. The maximum absolute atomic E-state index is 5.06. The van der Waals surface area contributed by atoms with E-state index in [1.807, 2.05) is 0 Å². The highest BCUT2D eigenvalue weighted by molar-refractivity contribution is 4.89. The molecule has 0 aromatic heterocycles. The second kappa shape index (κ2) is 7.25. The minimum Gasteiger partial charge on any atom is -0.385 e. The smallest absolute Gasteiger partial charge is 0.0462 e. The van der Waals surface area contributed by atoms with E-state index in [1.54, 1.807) is 7.11 Å². The second-order valence-electron chi connectivity index (χ2n) is 5.17. The molecule has 3 heteroatoms. The molecule has 0 amide bonds. The van der Waals surface area contributed by atoms with Crippen LogP contribution >= 0.6 is 0 Å². The van der Waals surface area contributed by atoms with E-state index in [9.17, 15) is 0 Å². The van der Waals surface area contributed by atoms with Crippen molar-refractivity contribution in [1.29, 1.82) is 0 Å². The van der Waals surface area contributed by atoms with Gasteiger partial charge in [0.1, 0.15) is 0 Å². The molecule has 1 rings (SSSR count). The first kappa shape index (κ1) is 13.9.